The SMILES string of the molecule is CC=C([NH-])[O-]. The van der Waals surface area contributed by atoms with Gasteiger partial charge in [-0.25, -0.2) is 5.88 Å². The van der Waals surface area contributed by atoms with Gasteiger partial charge < -0.3 is 10.8 Å². The van der Waals surface area contributed by atoms with Gasteiger partial charge in [-0.1, -0.05) is 0 Å². The molecular weight excluding hydrogens is 66.0 g/mol. The second-order valence-electron chi connectivity index (χ2n) is 0.653. The first-order valence-electron chi connectivity index (χ1n) is 1.32. The van der Waals surface area contributed by atoms with Crippen molar-refractivity contribution >= 4 is 0 Å². The van der Waals surface area contributed by atoms with Crippen molar-refractivity contribution in [2.24, 2.45) is 0 Å². The third-order valence-electron chi connectivity index (χ3n) is 0.262. The highest BCUT2D eigenvalue weighted by Crippen LogP contribution is 1.73. The first kappa shape index (κ1) is 4.34. The minimum atomic E-state index is -0.620. The molecule has 0 aromatic carbocycles. The Balaban J connectivity index is 3.14. The van der Waals surface area contributed by atoms with Crippen LogP contribution >= 0.6 is 0 Å². The average Bonchev–Trinajstić information content (AvgIpc) is 1.38. The number of hydrogen-bond acceptors (Lipinski definition) is 1. The van der Waals surface area contributed by atoms with Crippen LogP contribution in [0.4, 0.5) is 0 Å². The van der Waals surface area contributed by atoms with E-state index in [-0.39, 0.29) is 0 Å². The average molecular weight is 71.1 g/mol. The summed E-state index contributed by atoms with van der Waals surface area (Å²) >= 11 is 0. The molecule has 0 aromatic rings. The van der Waals surface area contributed by atoms with Gasteiger partial charge in [0.2, 0.25) is 0 Å². The van der Waals surface area contributed by atoms with Gasteiger partial charge in [-0.2, -0.15) is 0 Å². The van der Waals surface area contributed by atoms with Crippen LogP contribution in [0.5, 0.6) is 0 Å². The quantitative estimate of drug-likeness (QED) is 0.378. The topological polar surface area (TPSA) is 46.9 Å². The van der Waals surface area contributed by atoms with Crippen LogP contribution in [0, 0.1) is 0 Å². The molecule has 0 rings (SSSR count). The molecule has 0 saturated carbocycles. The standard InChI is InChI=1S/C3H6NO/c1-2-3(4)5/h2,4-5H,1H3/q-1/p-1. The van der Waals surface area contributed by atoms with Gasteiger partial charge in [0.15, 0.2) is 0 Å². The molecule has 0 radical (unpaired) electrons. The van der Waals surface area contributed by atoms with Crippen LogP contribution in [0.3, 0.4) is 0 Å². The monoisotopic (exact) mass is 71.0 g/mol. The molecule has 0 aliphatic heterocycles. The predicted octanol–water partition coefficient (Wildman–Crippen LogP) is 0.260. The Labute approximate surface area is 30.9 Å². The zero-order valence-electron chi connectivity index (χ0n) is 2.99. The molecule has 0 heterocycles. The minimum absolute atomic E-state index is 0.620. The zero-order valence-corrected chi connectivity index (χ0v) is 2.99. The van der Waals surface area contributed by atoms with Gasteiger partial charge in [0, 0.05) is 0 Å². The number of allylic oxidation sites excluding steroid dienone is 1. The van der Waals surface area contributed by atoms with Gasteiger partial charge in [-0.3, -0.25) is 0 Å². The van der Waals surface area contributed by atoms with Crippen LogP contribution in [-0.2, 0) is 0 Å². The lowest BCUT2D eigenvalue weighted by Gasteiger charge is -2.11. The summed E-state index contributed by atoms with van der Waals surface area (Å²) in [4.78, 5) is 0. The maximum absolute atomic E-state index is 9.42. The normalized spacial score (nSPS) is 11.8. The minimum Gasteiger partial charge on any atom is -0.889 e. The molecule has 2 nitrogen and oxygen atoms in total. The predicted molar refractivity (Wildman–Crippen MR) is 18.1 cm³/mol. The van der Waals surface area contributed by atoms with E-state index in [9.17, 15) is 5.11 Å². The molecule has 0 bridgehead atoms. The summed E-state index contributed by atoms with van der Waals surface area (Å²) in [5, 5.41) is 9.42. The summed E-state index contributed by atoms with van der Waals surface area (Å²) in [6.07, 6.45) is 1.19. The van der Waals surface area contributed by atoms with E-state index >= 15 is 0 Å². The van der Waals surface area contributed by atoms with E-state index in [0.29, 0.717) is 0 Å². The summed E-state index contributed by atoms with van der Waals surface area (Å²) in [6.45, 7) is 1.54. The highest BCUT2D eigenvalue weighted by molar-refractivity contribution is 4.89. The Kier molecular flexibility index (Phi) is 1.42. The number of hydrogen-bond donors (Lipinski definition) is 0. The van der Waals surface area contributed by atoms with Gasteiger partial charge >= 0.3 is 0 Å². The van der Waals surface area contributed by atoms with Crippen LogP contribution in [0.2, 0.25) is 0 Å². The van der Waals surface area contributed by atoms with E-state index in [1.807, 2.05) is 0 Å². The van der Waals surface area contributed by atoms with E-state index in [2.05, 4.69) is 0 Å². The molecule has 30 valence electrons. The molecule has 0 aliphatic rings. The van der Waals surface area contributed by atoms with Crippen LogP contribution in [0.1, 0.15) is 6.92 Å². The van der Waals surface area contributed by atoms with Crippen molar-refractivity contribution in [1.82, 2.24) is 0 Å². The van der Waals surface area contributed by atoms with Gasteiger partial charge in [0.05, 0.1) is 0 Å². The molecule has 0 aromatic heterocycles. The van der Waals surface area contributed by atoms with E-state index in [1.165, 1.54) is 13.0 Å². The van der Waals surface area contributed by atoms with Crippen molar-refractivity contribution in [1.29, 1.82) is 0 Å². The van der Waals surface area contributed by atoms with Gasteiger partial charge in [-0.15, -0.1) is 6.08 Å². The first-order chi connectivity index (χ1) is 2.27. The molecule has 0 spiro atoms. The van der Waals surface area contributed by atoms with Crippen LogP contribution < -0.4 is 5.11 Å². The third-order valence-corrected chi connectivity index (χ3v) is 0.262. The molecule has 0 atom stereocenters. The summed E-state index contributed by atoms with van der Waals surface area (Å²) in [5.74, 6) is -0.620. The molecule has 0 aliphatic carbocycles. The van der Waals surface area contributed by atoms with Crippen molar-refractivity contribution < 1.29 is 5.11 Å². The van der Waals surface area contributed by atoms with Crippen LogP contribution in [-0.4, -0.2) is 0 Å². The van der Waals surface area contributed by atoms with Crippen molar-refractivity contribution in [3.05, 3.63) is 17.7 Å². The Morgan fingerprint density at radius 3 is 2.20 bits per heavy atom. The second kappa shape index (κ2) is 1.64. The Hall–Kier alpha value is -0.660. The van der Waals surface area contributed by atoms with Crippen molar-refractivity contribution in [2.75, 3.05) is 0 Å². The first-order valence-corrected chi connectivity index (χ1v) is 1.32. The lowest BCUT2D eigenvalue weighted by atomic mass is 10.7. The summed E-state index contributed by atoms with van der Waals surface area (Å²) < 4.78 is 0. The fraction of sp³-hybridized carbons (Fsp3) is 0.333. The molecule has 0 saturated heterocycles. The Bertz CT molecular complexity index is 44.9. The maximum atomic E-state index is 9.42. The zero-order chi connectivity index (χ0) is 4.28. The highest BCUT2D eigenvalue weighted by Gasteiger charge is 1.35. The molecule has 0 fully saturated rings. The van der Waals surface area contributed by atoms with Gasteiger partial charge in [0.1, 0.15) is 0 Å². The Morgan fingerprint density at radius 1 is 2.00 bits per heavy atom. The van der Waals surface area contributed by atoms with Crippen molar-refractivity contribution in [2.45, 2.75) is 6.92 Å². The van der Waals surface area contributed by atoms with Crippen LogP contribution in [0.25, 0.3) is 5.73 Å². The molecule has 2 heteroatoms. The van der Waals surface area contributed by atoms with Crippen molar-refractivity contribution in [3.63, 3.8) is 0 Å². The maximum Gasteiger partial charge on any atom is -0.0491 e. The second-order valence-corrected chi connectivity index (χ2v) is 0.653. The Morgan fingerprint density at radius 2 is 2.20 bits per heavy atom. The van der Waals surface area contributed by atoms with E-state index < -0.39 is 5.88 Å². The smallest absolute Gasteiger partial charge is 0.0491 e. The van der Waals surface area contributed by atoms with Gasteiger partial charge in [-0.05, 0) is 6.92 Å². The molecule has 1 N–H and O–H groups in total. The molecular formula is C3H5NO-2. The molecule has 5 heavy (non-hydrogen) atoms. The largest absolute Gasteiger partial charge is 0.889 e. The van der Waals surface area contributed by atoms with Gasteiger partial charge in [0.25, 0.3) is 0 Å². The van der Waals surface area contributed by atoms with Crippen LogP contribution in [0.15, 0.2) is 12.0 Å². The lowest BCUT2D eigenvalue weighted by molar-refractivity contribution is -0.295. The molecule has 0 unspecified atom stereocenters. The van der Waals surface area contributed by atoms with E-state index in [4.69, 9.17) is 5.73 Å². The lowest BCUT2D eigenvalue weighted by Crippen LogP contribution is -1.94. The van der Waals surface area contributed by atoms with E-state index in [1.54, 1.807) is 0 Å². The molecule has 0 amide bonds. The fourth-order valence-corrected chi connectivity index (χ4v) is 0. The van der Waals surface area contributed by atoms with E-state index in [0.717, 1.165) is 0 Å². The number of nitrogens with one attached hydrogen (secondary N) is 1. The van der Waals surface area contributed by atoms with Crippen molar-refractivity contribution in [3.8, 4) is 0 Å². The summed E-state index contributed by atoms with van der Waals surface area (Å²) in [7, 11) is 0. The third kappa shape index (κ3) is 3.34. The fourth-order valence-electron chi connectivity index (χ4n) is 0. The summed E-state index contributed by atoms with van der Waals surface area (Å²) in [5.41, 5.74) is 6.13. The summed E-state index contributed by atoms with van der Waals surface area (Å²) in [6, 6.07) is 0. The number of rotatable bonds is 0. The highest BCUT2D eigenvalue weighted by atomic mass is 16.3.